The highest BCUT2D eigenvalue weighted by Gasteiger charge is 2.39. The van der Waals surface area contributed by atoms with Gasteiger partial charge in [-0.3, -0.25) is 4.79 Å². The number of likely N-dealkylation sites (tertiary alicyclic amines) is 1. The van der Waals surface area contributed by atoms with E-state index in [1.165, 1.54) is 11.3 Å². The maximum atomic E-state index is 12.9. The monoisotopic (exact) mass is 407 g/mol. The van der Waals surface area contributed by atoms with Crippen LogP contribution in [0.2, 0.25) is 0 Å². The first-order chi connectivity index (χ1) is 12.1. The van der Waals surface area contributed by atoms with Gasteiger partial charge in [0.2, 0.25) is 0 Å². The number of fused-ring (bicyclic) bond motifs is 1. The molecule has 2 aromatic rings. The van der Waals surface area contributed by atoms with E-state index >= 15 is 0 Å². The molecule has 2 heterocycles. The first-order valence-electron chi connectivity index (χ1n) is 9.03. The summed E-state index contributed by atoms with van der Waals surface area (Å²) in [7, 11) is 4.10. The molecule has 4 nitrogen and oxygen atoms in total. The lowest BCUT2D eigenvalue weighted by molar-refractivity contribution is 0.0737. The van der Waals surface area contributed by atoms with Crippen molar-refractivity contribution in [1.29, 1.82) is 0 Å². The fourth-order valence-electron chi connectivity index (χ4n) is 4.17. The van der Waals surface area contributed by atoms with E-state index in [2.05, 4.69) is 65.6 Å². The van der Waals surface area contributed by atoms with Crippen molar-refractivity contribution in [3.8, 4) is 11.1 Å². The predicted molar refractivity (Wildman–Crippen MR) is 117 cm³/mol. The molecule has 2 fully saturated rings. The van der Waals surface area contributed by atoms with Crippen LogP contribution in [0.5, 0.6) is 0 Å². The minimum absolute atomic E-state index is 0. The van der Waals surface area contributed by atoms with Crippen LogP contribution in [0.3, 0.4) is 0 Å². The van der Waals surface area contributed by atoms with Gasteiger partial charge in [0.05, 0.1) is 0 Å². The Morgan fingerprint density at radius 1 is 1.04 bits per heavy atom. The lowest BCUT2D eigenvalue weighted by atomic mass is 10.0. The summed E-state index contributed by atoms with van der Waals surface area (Å²) in [6, 6.07) is 16.8. The van der Waals surface area contributed by atoms with Gasteiger partial charge in [-0.05, 0) is 36.1 Å². The number of carbonyl (C=O) groups excluding carboxylic acids is 1. The third kappa shape index (κ3) is 4.08. The van der Waals surface area contributed by atoms with Crippen molar-refractivity contribution in [3.63, 3.8) is 0 Å². The largest absolute Gasteiger partial charge is 0.377 e. The van der Waals surface area contributed by atoms with Crippen LogP contribution in [0.25, 0.3) is 11.1 Å². The normalized spacial score (nSPS) is 20.4. The molecule has 2 saturated heterocycles. The summed E-state index contributed by atoms with van der Waals surface area (Å²) in [5.41, 5.74) is 4.30. The number of para-hydroxylation sites is 1. The van der Waals surface area contributed by atoms with Crippen LogP contribution in [0.1, 0.15) is 16.8 Å². The number of rotatable bonds is 3. The smallest absolute Gasteiger partial charge is 0.254 e. The lowest BCUT2D eigenvalue weighted by Crippen LogP contribution is -2.39. The van der Waals surface area contributed by atoms with E-state index in [1.54, 1.807) is 0 Å². The van der Waals surface area contributed by atoms with Crippen LogP contribution < -0.4 is 10.2 Å². The average Bonchev–Trinajstić information content (AvgIpc) is 3.25. The Balaban J connectivity index is 0.00000131. The van der Waals surface area contributed by atoms with Crippen molar-refractivity contribution in [3.05, 3.63) is 54.1 Å². The minimum atomic E-state index is 0. The molecule has 6 heteroatoms. The first kappa shape index (κ1) is 21.5. The third-order valence-corrected chi connectivity index (χ3v) is 5.53. The second kappa shape index (κ2) is 8.96. The highest BCUT2D eigenvalue weighted by molar-refractivity contribution is 5.95. The van der Waals surface area contributed by atoms with Gasteiger partial charge in [0.15, 0.2) is 0 Å². The number of nitrogens with zero attached hydrogens (tertiary/aromatic N) is 2. The molecule has 1 amide bonds. The number of halogens is 2. The number of carbonyl (C=O) groups is 1. The van der Waals surface area contributed by atoms with Crippen LogP contribution in [0.15, 0.2) is 48.5 Å². The molecule has 2 aliphatic rings. The summed E-state index contributed by atoms with van der Waals surface area (Å²) in [5.74, 6) is 0.804. The van der Waals surface area contributed by atoms with Crippen LogP contribution in [-0.2, 0) is 0 Å². The molecule has 0 aromatic heterocycles. The van der Waals surface area contributed by atoms with E-state index in [-0.39, 0.29) is 30.7 Å². The molecule has 0 radical (unpaired) electrons. The number of nitrogens with one attached hydrogen (secondary N) is 1. The van der Waals surface area contributed by atoms with Gasteiger partial charge in [-0.25, -0.2) is 0 Å². The summed E-state index contributed by atoms with van der Waals surface area (Å²) < 4.78 is 0. The van der Waals surface area contributed by atoms with E-state index in [1.807, 2.05) is 12.1 Å². The molecule has 0 unspecified atom stereocenters. The van der Waals surface area contributed by atoms with Crippen molar-refractivity contribution < 1.29 is 4.79 Å². The topological polar surface area (TPSA) is 35.6 Å². The molecule has 146 valence electrons. The van der Waals surface area contributed by atoms with Gasteiger partial charge in [-0.2, -0.15) is 0 Å². The molecular formula is C21H27Cl2N3O. The van der Waals surface area contributed by atoms with Crippen LogP contribution in [0, 0.1) is 5.92 Å². The van der Waals surface area contributed by atoms with Crippen LogP contribution in [0.4, 0.5) is 5.69 Å². The van der Waals surface area contributed by atoms with E-state index in [0.717, 1.165) is 37.2 Å². The SMILES string of the molecule is CN(C)c1ccccc1-c1ccc(C(=O)N2CC[C@H]3CNC[C@H]32)cc1.Cl.Cl. The predicted octanol–water partition coefficient (Wildman–Crippen LogP) is 3.70. The van der Waals surface area contributed by atoms with Gasteiger partial charge in [0.25, 0.3) is 5.91 Å². The zero-order valence-corrected chi connectivity index (χ0v) is 17.4. The van der Waals surface area contributed by atoms with Gasteiger partial charge in [-0.15, -0.1) is 24.8 Å². The Kier molecular flexibility index (Phi) is 7.15. The van der Waals surface area contributed by atoms with Gasteiger partial charge in [0, 0.05) is 56.6 Å². The summed E-state index contributed by atoms with van der Waals surface area (Å²) >= 11 is 0. The van der Waals surface area contributed by atoms with Crippen molar-refractivity contribution in [2.24, 2.45) is 5.92 Å². The fraction of sp³-hybridized carbons (Fsp3) is 0.381. The maximum absolute atomic E-state index is 12.9. The molecule has 0 saturated carbocycles. The van der Waals surface area contributed by atoms with Crippen LogP contribution in [-0.4, -0.2) is 50.6 Å². The Hall–Kier alpha value is -1.75. The third-order valence-electron chi connectivity index (χ3n) is 5.53. The molecule has 0 aliphatic carbocycles. The zero-order chi connectivity index (χ0) is 17.4. The van der Waals surface area contributed by atoms with Gasteiger partial charge in [0.1, 0.15) is 0 Å². The fourth-order valence-corrected chi connectivity index (χ4v) is 4.17. The highest BCUT2D eigenvalue weighted by Crippen LogP contribution is 2.31. The van der Waals surface area contributed by atoms with Gasteiger partial charge >= 0.3 is 0 Å². The summed E-state index contributed by atoms with van der Waals surface area (Å²) in [6.07, 6.45) is 1.12. The molecule has 0 spiro atoms. The standard InChI is InChI=1S/C21H25N3O.2ClH/c1-23(2)19-6-4-3-5-18(19)15-7-9-16(10-8-15)21(25)24-12-11-17-13-22-14-20(17)24;;/h3-10,17,20,22H,11-14H2,1-2H3;2*1H/t17-,20+;;/m0../s1. The zero-order valence-electron chi connectivity index (χ0n) is 15.7. The first-order valence-corrected chi connectivity index (χ1v) is 9.03. The summed E-state index contributed by atoms with van der Waals surface area (Å²) in [4.78, 5) is 17.1. The molecule has 0 bridgehead atoms. The quantitative estimate of drug-likeness (QED) is 0.842. The second-order valence-electron chi connectivity index (χ2n) is 7.26. The van der Waals surface area contributed by atoms with Crippen molar-refractivity contribution in [1.82, 2.24) is 10.2 Å². The molecule has 4 rings (SSSR count). The molecule has 2 aromatic carbocycles. The number of benzene rings is 2. The van der Waals surface area contributed by atoms with Crippen molar-refractivity contribution in [2.45, 2.75) is 12.5 Å². The summed E-state index contributed by atoms with van der Waals surface area (Å²) in [6.45, 7) is 2.88. The number of anilines is 1. The molecule has 1 N–H and O–H groups in total. The Morgan fingerprint density at radius 2 is 1.74 bits per heavy atom. The molecule has 27 heavy (non-hydrogen) atoms. The van der Waals surface area contributed by atoms with E-state index in [9.17, 15) is 4.79 Å². The molecule has 2 atom stereocenters. The molecular weight excluding hydrogens is 381 g/mol. The number of amides is 1. The van der Waals surface area contributed by atoms with Gasteiger partial charge < -0.3 is 15.1 Å². The van der Waals surface area contributed by atoms with E-state index in [0.29, 0.717) is 12.0 Å². The lowest BCUT2D eigenvalue weighted by Gasteiger charge is -2.23. The maximum Gasteiger partial charge on any atom is 0.254 e. The summed E-state index contributed by atoms with van der Waals surface area (Å²) in [5, 5.41) is 3.41. The van der Waals surface area contributed by atoms with Crippen LogP contribution >= 0.6 is 24.8 Å². The highest BCUT2D eigenvalue weighted by atomic mass is 35.5. The minimum Gasteiger partial charge on any atom is -0.377 e. The average molecular weight is 408 g/mol. The number of hydrogen-bond acceptors (Lipinski definition) is 3. The number of hydrogen-bond donors (Lipinski definition) is 1. The Morgan fingerprint density at radius 3 is 2.44 bits per heavy atom. The second-order valence-corrected chi connectivity index (χ2v) is 7.26. The van der Waals surface area contributed by atoms with Gasteiger partial charge in [-0.1, -0.05) is 30.3 Å². The van der Waals surface area contributed by atoms with Crippen molar-refractivity contribution >= 4 is 36.4 Å². The van der Waals surface area contributed by atoms with E-state index < -0.39 is 0 Å². The van der Waals surface area contributed by atoms with Crippen molar-refractivity contribution in [2.75, 3.05) is 38.6 Å². The molecule has 2 aliphatic heterocycles. The Bertz CT molecular complexity index is 779. The van der Waals surface area contributed by atoms with E-state index in [4.69, 9.17) is 0 Å². The Labute approximate surface area is 173 Å².